The molecule has 0 bridgehead atoms. The predicted molar refractivity (Wildman–Crippen MR) is 64.1 cm³/mol. The van der Waals surface area contributed by atoms with Crippen LogP contribution in [-0.2, 0) is 4.79 Å². The van der Waals surface area contributed by atoms with E-state index in [1.165, 1.54) is 0 Å². The van der Waals surface area contributed by atoms with Gasteiger partial charge in [0.1, 0.15) is 0 Å². The Morgan fingerprint density at radius 3 is 2.62 bits per heavy atom. The van der Waals surface area contributed by atoms with Crippen molar-refractivity contribution in [3.8, 4) is 0 Å². The first-order valence-corrected chi connectivity index (χ1v) is 5.56. The van der Waals surface area contributed by atoms with Gasteiger partial charge in [0.25, 0.3) is 0 Å². The molecule has 0 radical (unpaired) electrons. The van der Waals surface area contributed by atoms with Gasteiger partial charge in [-0.3, -0.25) is 4.79 Å². The summed E-state index contributed by atoms with van der Waals surface area (Å²) in [5.74, 6) is 0.00317. The van der Waals surface area contributed by atoms with Crippen molar-refractivity contribution >= 4 is 5.91 Å². The second kappa shape index (κ2) is 3.51. The summed E-state index contributed by atoms with van der Waals surface area (Å²) in [6.07, 6.45) is 9.69. The SMILES string of the molecule is CC(C)(C)N1C=CC2C=CC=C(N)C2C1=O. The van der Waals surface area contributed by atoms with Crippen molar-refractivity contribution in [1.82, 2.24) is 4.90 Å². The second-order valence-electron chi connectivity index (χ2n) is 5.33. The van der Waals surface area contributed by atoms with Gasteiger partial charge in [0.2, 0.25) is 5.91 Å². The lowest BCUT2D eigenvalue weighted by Gasteiger charge is -2.40. The van der Waals surface area contributed by atoms with Crippen molar-refractivity contribution in [3.63, 3.8) is 0 Å². The molecule has 2 aliphatic rings. The van der Waals surface area contributed by atoms with Gasteiger partial charge in [-0.1, -0.05) is 18.2 Å². The first-order valence-electron chi connectivity index (χ1n) is 5.56. The van der Waals surface area contributed by atoms with Crippen molar-refractivity contribution in [1.29, 1.82) is 0 Å². The molecule has 1 heterocycles. The topological polar surface area (TPSA) is 46.3 Å². The molecule has 0 fully saturated rings. The number of carbonyl (C=O) groups excluding carboxylic acids is 1. The van der Waals surface area contributed by atoms with E-state index in [2.05, 4.69) is 0 Å². The minimum atomic E-state index is -0.214. The zero-order valence-corrected chi connectivity index (χ0v) is 9.97. The predicted octanol–water partition coefficient (Wildman–Crippen LogP) is 1.79. The number of carbonyl (C=O) groups is 1. The lowest BCUT2D eigenvalue weighted by atomic mass is 9.81. The molecule has 2 unspecified atom stereocenters. The standard InChI is InChI=1S/C13H18N2O/c1-13(2,3)15-8-7-9-5-4-6-10(14)11(9)12(15)16/h4-9,11H,14H2,1-3H3. The monoisotopic (exact) mass is 218 g/mol. The molecule has 3 nitrogen and oxygen atoms in total. The summed E-state index contributed by atoms with van der Waals surface area (Å²) >= 11 is 0. The molecular weight excluding hydrogens is 200 g/mol. The Labute approximate surface area is 96.3 Å². The van der Waals surface area contributed by atoms with Gasteiger partial charge in [-0.05, 0) is 26.8 Å². The highest BCUT2D eigenvalue weighted by molar-refractivity contribution is 5.85. The molecule has 0 aromatic rings. The van der Waals surface area contributed by atoms with Crippen LogP contribution >= 0.6 is 0 Å². The molecule has 16 heavy (non-hydrogen) atoms. The molecule has 2 atom stereocenters. The molecule has 1 amide bonds. The first-order chi connectivity index (χ1) is 7.41. The summed E-state index contributed by atoms with van der Waals surface area (Å²) in [5, 5.41) is 0. The van der Waals surface area contributed by atoms with E-state index < -0.39 is 0 Å². The van der Waals surface area contributed by atoms with Gasteiger partial charge in [-0.15, -0.1) is 0 Å². The molecule has 0 saturated heterocycles. The van der Waals surface area contributed by atoms with Crippen LogP contribution < -0.4 is 5.73 Å². The van der Waals surface area contributed by atoms with Crippen LogP contribution in [0.15, 0.2) is 36.2 Å². The Balaban J connectivity index is 2.37. The minimum Gasteiger partial charge on any atom is -0.401 e. The first kappa shape index (κ1) is 11.0. The lowest BCUT2D eigenvalue weighted by Crippen LogP contribution is -2.49. The second-order valence-corrected chi connectivity index (χ2v) is 5.33. The highest BCUT2D eigenvalue weighted by atomic mass is 16.2. The molecule has 3 heteroatoms. The van der Waals surface area contributed by atoms with Gasteiger partial charge < -0.3 is 10.6 Å². The lowest BCUT2D eigenvalue weighted by molar-refractivity contribution is -0.137. The van der Waals surface area contributed by atoms with E-state index in [-0.39, 0.29) is 23.3 Å². The number of allylic oxidation sites excluding steroid dienone is 4. The summed E-state index contributed by atoms with van der Waals surface area (Å²) in [7, 11) is 0. The third-order valence-corrected chi connectivity index (χ3v) is 3.05. The average Bonchev–Trinajstić information content (AvgIpc) is 2.16. The molecule has 1 aliphatic carbocycles. The van der Waals surface area contributed by atoms with E-state index in [4.69, 9.17) is 5.73 Å². The summed E-state index contributed by atoms with van der Waals surface area (Å²) < 4.78 is 0. The number of amides is 1. The molecular formula is C13H18N2O. The summed E-state index contributed by atoms with van der Waals surface area (Å²) in [5.41, 5.74) is 6.38. The van der Waals surface area contributed by atoms with E-state index >= 15 is 0 Å². The molecule has 86 valence electrons. The van der Waals surface area contributed by atoms with Crippen molar-refractivity contribution < 1.29 is 4.79 Å². The molecule has 0 saturated carbocycles. The molecule has 0 aromatic heterocycles. The smallest absolute Gasteiger partial charge is 0.236 e. The van der Waals surface area contributed by atoms with E-state index in [0.29, 0.717) is 5.70 Å². The van der Waals surface area contributed by atoms with Crippen molar-refractivity contribution in [2.24, 2.45) is 17.6 Å². The normalized spacial score (nSPS) is 29.1. The zero-order valence-electron chi connectivity index (χ0n) is 9.97. The van der Waals surface area contributed by atoms with Crippen LogP contribution in [0.2, 0.25) is 0 Å². The highest BCUT2D eigenvalue weighted by Gasteiger charge is 2.38. The maximum absolute atomic E-state index is 12.3. The maximum atomic E-state index is 12.3. The number of rotatable bonds is 0. The quantitative estimate of drug-likeness (QED) is 0.673. The van der Waals surface area contributed by atoms with Crippen LogP contribution in [0.4, 0.5) is 0 Å². The van der Waals surface area contributed by atoms with Crippen molar-refractivity contribution in [2.75, 3.05) is 0 Å². The number of hydrogen-bond donors (Lipinski definition) is 1. The summed E-state index contributed by atoms with van der Waals surface area (Å²) in [6, 6.07) is 0. The fraction of sp³-hybridized carbons (Fsp3) is 0.462. The zero-order chi connectivity index (χ0) is 11.9. The average molecular weight is 218 g/mol. The van der Waals surface area contributed by atoms with Gasteiger partial charge in [-0.25, -0.2) is 0 Å². The summed E-state index contributed by atoms with van der Waals surface area (Å²) in [4.78, 5) is 14.1. The van der Waals surface area contributed by atoms with Gasteiger partial charge in [-0.2, -0.15) is 0 Å². The van der Waals surface area contributed by atoms with Crippen LogP contribution in [-0.4, -0.2) is 16.3 Å². The van der Waals surface area contributed by atoms with Crippen LogP contribution in [0.1, 0.15) is 20.8 Å². The van der Waals surface area contributed by atoms with Crippen molar-refractivity contribution in [2.45, 2.75) is 26.3 Å². The van der Waals surface area contributed by atoms with E-state index in [0.717, 1.165) is 0 Å². The van der Waals surface area contributed by atoms with E-state index in [9.17, 15) is 4.79 Å². The van der Waals surface area contributed by atoms with Crippen molar-refractivity contribution in [3.05, 3.63) is 36.2 Å². The molecule has 2 rings (SSSR count). The Morgan fingerprint density at radius 2 is 2.00 bits per heavy atom. The number of nitrogens with two attached hydrogens (primary N) is 1. The van der Waals surface area contributed by atoms with Gasteiger partial charge in [0, 0.05) is 23.4 Å². The maximum Gasteiger partial charge on any atom is 0.236 e. The molecule has 0 aromatic carbocycles. The number of nitrogens with zero attached hydrogens (tertiary/aromatic N) is 1. The Bertz CT molecular complexity index is 399. The van der Waals surface area contributed by atoms with Crippen LogP contribution in [0, 0.1) is 11.8 Å². The van der Waals surface area contributed by atoms with E-state index in [1.807, 2.05) is 51.3 Å². The van der Waals surface area contributed by atoms with Gasteiger partial charge in [0.05, 0.1) is 5.92 Å². The molecule has 0 spiro atoms. The third kappa shape index (κ3) is 1.66. The highest BCUT2D eigenvalue weighted by Crippen LogP contribution is 2.33. The van der Waals surface area contributed by atoms with Crippen LogP contribution in [0.3, 0.4) is 0 Å². The Morgan fingerprint density at radius 1 is 1.31 bits per heavy atom. The number of fused-ring (bicyclic) bond motifs is 1. The Hall–Kier alpha value is -1.51. The van der Waals surface area contributed by atoms with Gasteiger partial charge >= 0.3 is 0 Å². The van der Waals surface area contributed by atoms with E-state index in [1.54, 1.807) is 4.90 Å². The van der Waals surface area contributed by atoms with Crippen LogP contribution in [0.25, 0.3) is 0 Å². The minimum absolute atomic E-state index is 0.0955. The number of hydrogen-bond acceptors (Lipinski definition) is 2. The van der Waals surface area contributed by atoms with Crippen LogP contribution in [0.5, 0.6) is 0 Å². The van der Waals surface area contributed by atoms with Gasteiger partial charge in [0.15, 0.2) is 0 Å². The fourth-order valence-electron chi connectivity index (χ4n) is 2.18. The summed E-state index contributed by atoms with van der Waals surface area (Å²) in [6.45, 7) is 6.07. The largest absolute Gasteiger partial charge is 0.401 e. The molecule has 1 aliphatic heterocycles. The third-order valence-electron chi connectivity index (χ3n) is 3.05. The Kier molecular flexibility index (Phi) is 2.41. The molecule has 2 N–H and O–H groups in total. The fourth-order valence-corrected chi connectivity index (χ4v) is 2.18.